The van der Waals surface area contributed by atoms with Crippen molar-refractivity contribution in [3.8, 4) is 5.75 Å². The number of hydrogen-bond acceptors (Lipinski definition) is 7. The molecule has 1 aromatic carbocycles. The van der Waals surface area contributed by atoms with Gasteiger partial charge in [-0.1, -0.05) is 48.3 Å². The number of methoxy groups -OCH3 is 2. The Morgan fingerprint density at radius 3 is 2.48 bits per heavy atom. The zero-order chi connectivity index (χ0) is 18.4. The minimum Gasteiger partial charge on any atom is -0.464 e. The average molecular weight is 379 g/mol. The molecule has 0 bridgehead atoms. The van der Waals surface area contributed by atoms with Gasteiger partial charge in [-0.15, -0.1) is 0 Å². The van der Waals surface area contributed by atoms with Crippen LogP contribution in [0.5, 0.6) is 5.75 Å². The molecule has 25 heavy (non-hydrogen) atoms. The van der Waals surface area contributed by atoms with E-state index in [9.17, 15) is 9.59 Å². The van der Waals surface area contributed by atoms with E-state index in [-0.39, 0.29) is 5.91 Å². The maximum atomic E-state index is 11.7. The van der Waals surface area contributed by atoms with Gasteiger partial charge in [0.1, 0.15) is 10.1 Å². The van der Waals surface area contributed by atoms with Gasteiger partial charge in [0.05, 0.1) is 12.0 Å². The van der Waals surface area contributed by atoms with Crippen LogP contribution in [-0.2, 0) is 19.1 Å². The largest absolute Gasteiger partial charge is 0.464 e. The maximum Gasteiger partial charge on any atom is 0.376 e. The number of allylic oxidation sites excluding steroid dienone is 2. The fourth-order valence-corrected chi connectivity index (χ4v) is 2.98. The molecule has 0 radical (unpaired) electrons. The highest BCUT2D eigenvalue weighted by atomic mass is 32.2. The summed E-state index contributed by atoms with van der Waals surface area (Å²) >= 11 is 6.23. The molecule has 1 aromatic rings. The van der Waals surface area contributed by atoms with Crippen molar-refractivity contribution in [2.24, 2.45) is 0 Å². The first kappa shape index (κ1) is 19.2. The van der Waals surface area contributed by atoms with Crippen LogP contribution in [0, 0.1) is 0 Å². The van der Waals surface area contributed by atoms with Crippen molar-refractivity contribution in [1.82, 2.24) is 5.32 Å². The highest BCUT2D eigenvalue weighted by Gasteiger charge is 2.23. The van der Waals surface area contributed by atoms with Gasteiger partial charge >= 0.3 is 5.97 Å². The van der Waals surface area contributed by atoms with E-state index in [1.165, 1.54) is 26.0 Å². The summed E-state index contributed by atoms with van der Waals surface area (Å²) in [7, 11) is 2.62. The van der Waals surface area contributed by atoms with E-state index >= 15 is 0 Å². The van der Waals surface area contributed by atoms with Crippen LogP contribution in [0.3, 0.4) is 0 Å². The van der Waals surface area contributed by atoms with E-state index in [1.807, 2.05) is 31.2 Å². The Hall–Kier alpha value is -2.16. The Bertz CT molecular complexity index is 740. The van der Waals surface area contributed by atoms with Gasteiger partial charge < -0.3 is 19.5 Å². The third-order valence-corrected chi connectivity index (χ3v) is 4.58. The molecular weight excluding hydrogens is 362 g/mol. The van der Waals surface area contributed by atoms with E-state index in [0.29, 0.717) is 15.0 Å². The number of thioether (sulfide) groups is 1. The second kappa shape index (κ2) is 8.80. The Morgan fingerprint density at radius 1 is 1.28 bits per heavy atom. The van der Waals surface area contributed by atoms with Gasteiger partial charge in [-0.2, -0.15) is 0 Å². The number of rotatable bonds is 6. The summed E-state index contributed by atoms with van der Waals surface area (Å²) in [5, 5.41) is 2.59. The Balaban J connectivity index is 2.05. The topological polar surface area (TPSA) is 73.9 Å². The minimum atomic E-state index is -1.11. The summed E-state index contributed by atoms with van der Waals surface area (Å²) in [6, 6.07) is 7.06. The van der Waals surface area contributed by atoms with Crippen molar-refractivity contribution in [3.05, 3.63) is 46.4 Å². The lowest BCUT2D eigenvalue weighted by atomic mass is 10.1. The summed E-state index contributed by atoms with van der Waals surface area (Å²) in [5.74, 6) is -0.311. The van der Waals surface area contributed by atoms with E-state index in [4.69, 9.17) is 21.7 Å². The molecule has 6 nitrogen and oxygen atoms in total. The number of benzene rings is 1. The van der Waals surface area contributed by atoms with Crippen LogP contribution in [-0.4, -0.2) is 36.7 Å². The van der Waals surface area contributed by atoms with Gasteiger partial charge in [-0.25, -0.2) is 4.79 Å². The molecule has 1 aliphatic rings. The molecule has 1 heterocycles. The number of thiocarbonyl (C=S) groups is 1. The lowest BCUT2D eigenvalue weighted by Gasteiger charge is -2.14. The standard InChI is InChI=1S/C17H17NO5S2/c1-10(13-14(19)18-17(24)25-13)4-5-11-6-8-12(9-7-11)23-16(22-3)15(20)21-2/h4-9,16H,1-3H3,(H,18,19,24). The molecule has 8 heteroatoms. The summed E-state index contributed by atoms with van der Waals surface area (Å²) < 4.78 is 15.4. The normalized spacial score (nSPS) is 17.4. The van der Waals surface area contributed by atoms with Crippen molar-refractivity contribution < 1.29 is 23.8 Å². The monoisotopic (exact) mass is 379 g/mol. The molecule has 1 N–H and O–H groups in total. The number of carbonyl (C=O) groups is 2. The number of nitrogens with one attached hydrogen (secondary N) is 1. The van der Waals surface area contributed by atoms with Crippen molar-refractivity contribution in [2.75, 3.05) is 14.2 Å². The first-order valence-corrected chi connectivity index (χ1v) is 8.46. The Labute approximate surface area is 155 Å². The van der Waals surface area contributed by atoms with Gasteiger partial charge in [-0.3, -0.25) is 4.79 Å². The lowest BCUT2D eigenvalue weighted by Crippen LogP contribution is -2.30. The zero-order valence-electron chi connectivity index (χ0n) is 13.9. The molecule has 1 fully saturated rings. The summed E-state index contributed by atoms with van der Waals surface area (Å²) in [6.07, 6.45) is 2.60. The van der Waals surface area contributed by atoms with Crippen LogP contribution in [0.15, 0.2) is 40.8 Å². The van der Waals surface area contributed by atoms with Crippen molar-refractivity contribution in [2.45, 2.75) is 13.2 Å². The molecule has 1 aliphatic heterocycles. The third-order valence-electron chi connectivity index (χ3n) is 3.23. The molecule has 132 valence electrons. The van der Waals surface area contributed by atoms with Crippen LogP contribution in [0.2, 0.25) is 0 Å². The Kier molecular flexibility index (Phi) is 6.74. The number of hydrogen-bond donors (Lipinski definition) is 1. The average Bonchev–Trinajstić information content (AvgIpc) is 2.96. The Morgan fingerprint density at radius 2 is 1.96 bits per heavy atom. The van der Waals surface area contributed by atoms with E-state index in [1.54, 1.807) is 12.1 Å². The minimum absolute atomic E-state index is 0.172. The quantitative estimate of drug-likeness (QED) is 0.352. The fourth-order valence-electron chi connectivity index (χ4n) is 1.94. The summed E-state index contributed by atoms with van der Waals surface area (Å²) in [6.45, 7) is 1.85. The predicted octanol–water partition coefficient (Wildman–Crippen LogP) is 2.65. The molecule has 0 saturated carbocycles. The van der Waals surface area contributed by atoms with Crippen LogP contribution in [0.25, 0.3) is 6.08 Å². The highest BCUT2D eigenvalue weighted by Crippen LogP contribution is 2.27. The zero-order valence-corrected chi connectivity index (χ0v) is 15.5. The summed E-state index contributed by atoms with van der Waals surface area (Å²) in [4.78, 5) is 23.8. The molecular formula is C17H17NO5S2. The highest BCUT2D eigenvalue weighted by molar-refractivity contribution is 8.26. The van der Waals surface area contributed by atoms with Crippen LogP contribution in [0.1, 0.15) is 12.5 Å². The van der Waals surface area contributed by atoms with Gasteiger partial charge in [0, 0.05) is 7.11 Å². The fraction of sp³-hybridized carbons (Fsp3) is 0.235. The molecule has 2 rings (SSSR count). The molecule has 0 aromatic heterocycles. The SMILES string of the molecule is COC(=O)C(OC)Oc1ccc(C=CC(C)=C2SC(=S)NC2=O)cc1. The first-order chi connectivity index (χ1) is 11.9. The van der Waals surface area contributed by atoms with E-state index < -0.39 is 12.3 Å². The predicted molar refractivity (Wildman–Crippen MR) is 99.9 cm³/mol. The van der Waals surface area contributed by atoms with Gasteiger partial charge in [-0.05, 0) is 30.2 Å². The second-order valence-electron chi connectivity index (χ2n) is 4.97. The molecule has 1 unspecified atom stereocenters. The van der Waals surface area contributed by atoms with E-state index in [2.05, 4.69) is 10.1 Å². The number of ether oxygens (including phenoxy) is 3. The van der Waals surface area contributed by atoms with E-state index in [0.717, 1.165) is 11.1 Å². The number of esters is 1. The van der Waals surface area contributed by atoms with Gasteiger partial charge in [0.15, 0.2) is 0 Å². The molecule has 1 saturated heterocycles. The van der Waals surface area contributed by atoms with Crippen LogP contribution in [0.4, 0.5) is 0 Å². The van der Waals surface area contributed by atoms with Crippen molar-refractivity contribution in [1.29, 1.82) is 0 Å². The first-order valence-electron chi connectivity index (χ1n) is 7.24. The van der Waals surface area contributed by atoms with Gasteiger partial charge in [0.2, 0.25) is 0 Å². The number of carbonyl (C=O) groups excluding carboxylic acids is 2. The molecule has 0 aliphatic carbocycles. The van der Waals surface area contributed by atoms with Crippen LogP contribution >= 0.6 is 24.0 Å². The van der Waals surface area contributed by atoms with Crippen LogP contribution < -0.4 is 10.1 Å². The molecule has 1 atom stereocenters. The van der Waals surface area contributed by atoms with Gasteiger partial charge in [0.25, 0.3) is 12.2 Å². The summed E-state index contributed by atoms with van der Waals surface area (Å²) in [5.41, 5.74) is 1.73. The molecule has 0 spiro atoms. The number of amides is 1. The van der Waals surface area contributed by atoms with Crippen molar-refractivity contribution in [3.63, 3.8) is 0 Å². The van der Waals surface area contributed by atoms with Crippen molar-refractivity contribution >= 4 is 46.3 Å². The lowest BCUT2D eigenvalue weighted by molar-refractivity contribution is -0.170. The second-order valence-corrected chi connectivity index (χ2v) is 6.65. The molecule has 1 amide bonds. The smallest absolute Gasteiger partial charge is 0.376 e. The third kappa shape index (κ3) is 5.15. The maximum absolute atomic E-state index is 11.7.